The molecule has 0 aliphatic rings. The molecule has 0 spiro atoms. The molecule has 0 saturated heterocycles. The molecule has 0 bridgehead atoms. The van der Waals surface area contributed by atoms with Crippen molar-refractivity contribution in [3.63, 3.8) is 0 Å². The van der Waals surface area contributed by atoms with Crippen LogP contribution in [0.1, 0.15) is 85.3 Å². The summed E-state index contributed by atoms with van der Waals surface area (Å²) in [5.74, 6) is -3.52. The van der Waals surface area contributed by atoms with Crippen LogP contribution >= 0.6 is 0 Å². The van der Waals surface area contributed by atoms with Crippen LogP contribution < -0.4 is 26.6 Å². The Hall–Kier alpha value is -5.48. The zero-order valence-electron chi connectivity index (χ0n) is 36.0. The van der Waals surface area contributed by atoms with Crippen LogP contribution in [0.4, 0.5) is 4.79 Å². The first kappa shape index (κ1) is 48.9. The van der Waals surface area contributed by atoms with Crippen LogP contribution in [0.15, 0.2) is 60.8 Å². The van der Waals surface area contributed by atoms with Gasteiger partial charge in [0.2, 0.25) is 23.6 Å². The number of nitrogens with one attached hydrogen (secondary N) is 6. The van der Waals surface area contributed by atoms with Crippen molar-refractivity contribution < 1.29 is 48.5 Å². The topological polar surface area (TPSA) is 237 Å². The number of methoxy groups -OCH3 is 1. The lowest BCUT2D eigenvalue weighted by Crippen LogP contribution is -2.58. The molecule has 3 aromatic rings. The third-order valence-corrected chi connectivity index (χ3v) is 9.97. The van der Waals surface area contributed by atoms with E-state index >= 15 is 0 Å². The average Bonchev–Trinajstić information content (AvgIpc) is 3.60. The van der Waals surface area contributed by atoms with E-state index in [4.69, 9.17) is 4.74 Å². The molecule has 16 nitrogen and oxygen atoms in total. The fourth-order valence-electron chi connectivity index (χ4n) is 6.74. The van der Waals surface area contributed by atoms with Gasteiger partial charge in [0.05, 0.1) is 44.2 Å². The summed E-state index contributed by atoms with van der Waals surface area (Å²) in [7, 11) is 1.20. The van der Waals surface area contributed by atoms with Crippen molar-refractivity contribution in [2.45, 2.75) is 130 Å². The second-order valence-electron chi connectivity index (χ2n) is 16.5. The molecule has 0 saturated carbocycles. The van der Waals surface area contributed by atoms with Gasteiger partial charge >= 0.3 is 12.1 Å². The van der Waals surface area contributed by atoms with Gasteiger partial charge in [-0.25, -0.2) is 4.79 Å². The third kappa shape index (κ3) is 15.9. The van der Waals surface area contributed by atoms with E-state index in [-0.39, 0.29) is 37.7 Å². The zero-order chi connectivity index (χ0) is 44.5. The number of para-hydroxylation sites is 1. The smallest absolute Gasteiger partial charge is 0.408 e. The largest absolute Gasteiger partial charge is 0.469 e. The Morgan fingerprint density at radius 2 is 1.27 bits per heavy atom. The van der Waals surface area contributed by atoms with Gasteiger partial charge in [0.15, 0.2) is 0 Å². The van der Waals surface area contributed by atoms with E-state index in [1.165, 1.54) is 14.0 Å². The second-order valence-corrected chi connectivity index (χ2v) is 16.5. The number of hydrogen-bond donors (Lipinski definition) is 8. The molecule has 8 N–H and O–H groups in total. The molecule has 1 heterocycles. The molecule has 60 heavy (non-hydrogen) atoms. The van der Waals surface area contributed by atoms with Crippen LogP contribution in [0.25, 0.3) is 10.9 Å². The minimum Gasteiger partial charge on any atom is -0.469 e. The summed E-state index contributed by atoms with van der Waals surface area (Å²) in [5, 5.41) is 36.3. The van der Waals surface area contributed by atoms with Crippen molar-refractivity contribution in [2.24, 2.45) is 17.8 Å². The molecule has 1 aromatic heterocycles. The SMILES string of the molecule is COC(=O)C[C@H](O)[C@H](CC(C)C)NC(=O)[C@H](C)NC(=O)C[C@H](O)[C@H](CC(C)C)NC(=O)[C@@H](NC(=O)[C@H](Cc1c[nH]c2ccccc12)NC(=O)OCc1ccccc1)C(C)C. The quantitative estimate of drug-likeness (QED) is 0.0649. The first-order valence-electron chi connectivity index (χ1n) is 20.5. The third-order valence-electron chi connectivity index (χ3n) is 9.97. The predicted octanol–water partition coefficient (Wildman–Crippen LogP) is 3.39. The van der Waals surface area contributed by atoms with Crippen LogP contribution in [0.2, 0.25) is 0 Å². The van der Waals surface area contributed by atoms with Gasteiger partial charge in [-0.05, 0) is 54.7 Å². The number of amides is 5. The molecule has 5 amide bonds. The average molecular weight is 837 g/mol. The van der Waals surface area contributed by atoms with E-state index in [1.807, 2.05) is 70.2 Å². The number of carbonyl (C=O) groups is 6. The van der Waals surface area contributed by atoms with Crippen molar-refractivity contribution in [3.05, 3.63) is 71.9 Å². The second kappa shape index (κ2) is 23.9. The molecule has 3 rings (SSSR count). The number of H-pyrrole nitrogens is 1. The standard InChI is InChI=1S/C44H64N6O10/c1-25(2)18-33(36(51)21-38(53)46-28(7)41(55)47-34(19-26(3)4)37(52)22-39(54)59-8)48-43(57)40(27(5)6)50-42(56)35(20-30-23-45-32-17-13-12-16-31(30)32)49-44(58)60-24-29-14-10-9-11-15-29/h9-17,23,25-28,33-37,40,45,51-52H,18-22,24H2,1-8H3,(H,46,53)(H,47,55)(H,48,57)(H,49,58)(H,50,56)/t28-,33-,34-,35-,36-,37-,40-/m0/s1. The van der Waals surface area contributed by atoms with Gasteiger partial charge in [-0.3, -0.25) is 24.0 Å². The van der Waals surface area contributed by atoms with Gasteiger partial charge in [0, 0.05) is 23.5 Å². The number of fused-ring (bicyclic) bond motifs is 1. The molecule has 330 valence electrons. The Morgan fingerprint density at radius 3 is 1.87 bits per heavy atom. The number of rotatable bonds is 23. The van der Waals surface area contributed by atoms with Crippen LogP contribution in [0, 0.1) is 17.8 Å². The number of alkyl carbamates (subject to hydrolysis) is 1. The number of aliphatic hydroxyl groups is 2. The number of aromatic nitrogens is 1. The van der Waals surface area contributed by atoms with Gasteiger partial charge in [-0.15, -0.1) is 0 Å². The van der Waals surface area contributed by atoms with Crippen molar-refractivity contribution in [1.29, 1.82) is 0 Å². The normalized spacial score (nSPS) is 14.9. The maximum atomic E-state index is 14.0. The number of esters is 1. The highest BCUT2D eigenvalue weighted by Gasteiger charge is 2.34. The number of carbonyl (C=O) groups excluding carboxylic acids is 6. The Morgan fingerprint density at radius 1 is 0.683 bits per heavy atom. The van der Waals surface area contributed by atoms with Gasteiger partial charge in [0.1, 0.15) is 24.7 Å². The van der Waals surface area contributed by atoms with Crippen molar-refractivity contribution in [1.82, 2.24) is 31.6 Å². The molecule has 0 radical (unpaired) electrons. The highest BCUT2D eigenvalue weighted by molar-refractivity contribution is 5.93. The summed E-state index contributed by atoms with van der Waals surface area (Å²) >= 11 is 0. The maximum Gasteiger partial charge on any atom is 0.408 e. The van der Waals surface area contributed by atoms with Gasteiger partial charge in [0.25, 0.3) is 0 Å². The van der Waals surface area contributed by atoms with Crippen LogP contribution in [0.5, 0.6) is 0 Å². The minimum absolute atomic E-state index is 0.0177. The van der Waals surface area contributed by atoms with E-state index in [1.54, 1.807) is 32.2 Å². The zero-order valence-corrected chi connectivity index (χ0v) is 36.0. The fraction of sp³-hybridized carbons (Fsp3) is 0.545. The number of hydrogen-bond acceptors (Lipinski definition) is 10. The van der Waals surface area contributed by atoms with Crippen molar-refractivity contribution in [2.75, 3.05) is 7.11 Å². The van der Waals surface area contributed by atoms with Gasteiger partial charge in [-0.1, -0.05) is 90.1 Å². The molecular formula is C44H64N6O10. The fourth-order valence-corrected chi connectivity index (χ4v) is 6.74. The van der Waals surface area contributed by atoms with Crippen molar-refractivity contribution in [3.8, 4) is 0 Å². The molecule has 0 unspecified atom stereocenters. The molecule has 0 aliphatic carbocycles. The van der Waals surface area contributed by atoms with Gasteiger partial charge in [-0.2, -0.15) is 0 Å². The lowest BCUT2D eigenvalue weighted by atomic mass is 9.95. The molecule has 2 aromatic carbocycles. The first-order chi connectivity index (χ1) is 28.4. The molecule has 0 fully saturated rings. The molecule has 16 heteroatoms. The lowest BCUT2D eigenvalue weighted by molar-refractivity contribution is -0.144. The van der Waals surface area contributed by atoms with Gasteiger partial charge < -0.3 is 51.3 Å². The predicted molar refractivity (Wildman–Crippen MR) is 226 cm³/mol. The highest BCUT2D eigenvalue weighted by Crippen LogP contribution is 2.20. The minimum atomic E-state index is -1.37. The van der Waals surface area contributed by atoms with E-state index in [0.29, 0.717) is 6.42 Å². The lowest BCUT2D eigenvalue weighted by Gasteiger charge is -2.30. The highest BCUT2D eigenvalue weighted by atomic mass is 16.5. The van der Waals surface area contributed by atoms with E-state index in [0.717, 1.165) is 22.0 Å². The number of benzene rings is 2. The Bertz CT molecular complexity index is 1870. The summed E-state index contributed by atoms with van der Waals surface area (Å²) in [6.07, 6.45) is -1.71. The summed E-state index contributed by atoms with van der Waals surface area (Å²) in [6.45, 7) is 12.5. The Kier molecular flexibility index (Phi) is 19.5. The Labute approximate surface area is 352 Å². The van der Waals surface area contributed by atoms with Crippen LogP contribution in [0.3, 0.4) is 0 Å². The summed E-state index contributed by atoms with van der Waals surface area (Å²) in [4.78, 5) is 82.1. The van der Waals surface area contributed by atoms with E-state index in [2.05, 4.69) is 36.3 Å². The first-order valence-corrected chi connectivity index (χ1v) is 20.5. The summed E-state index contributed by atoms with van der Waals surface area (Å²) in [6, 6.07) is 11.6. The molecule has 0 aliphatic heterocycles. The molecule has 7 atom stereocenters. The Balaban J connectivity index is 1.70. The van der Waals surface area contributed by atoms with Crippen molar-refractivity contribution >= 4 is 46.6 Å². The summed E-state index contributed by atoms with van der Waals surface area (Å²) in [5.41, 5.74) is 2.37. The van der Waals surface area contributed by atoms with Crippen LogP contribution in [-0.4, -0.2) is 100 Å². The van der Waals surface area contributed by atoms with E-state index in [9.17, 15) is 39.0 Å². The summed E-state index contributed by atoms with van der Waals surface area (Å²) < 4.78 is 10.1. The number of ether oxygens (including phenoxy) is 2. The monoisotopic (exact) mass is 836 g/mol. The van der Waals surface area contributed by atoms with E-state index < -0.39 is 90.4 Å². The number of aliphatic hydroxyl groups excluding tert-OH is 2. The van der Waals surface area contributed by atoms with Crippen LogP contribution in [-0.2, 0) is 46.5 Å². The maximum absolute atomic E-state index is 14.0. The number of aromatic amines is 1. The molecular weight excluding hydrogens is 773 g/mol.